The summed E-state index contributed by atoms with van der Waals surface area (Å²) in [4.78, 5) is 12.3. The second-order valence-electron chi connectivity index (χ2n) is 6.60. The molecule has 1 saturated heterocycles. The van der Waals surface area contributed by atoms with E-state index in [1.54, 1.807) is 0 Å². The lowest BCUT2D eigenvalue weighted by molar-refractivity contribution is -0.130. The third kappa shape index (κ3) is 4.34. The van der Waals surface area contributed by atoms with Gasteiger partial charge in [0, 0.05) is 19.3 Å². The van der Waals surface area contributed by atoms with E-state index in [2.05, 4.69) is 19.2 Å². The highest BCUT2D eigenvalue weighted by molar-refractivity contribution is 5.86. The summed E-state index contributed by atoms with van der Waals surface area (Å²) in [6, 6.07) is 0.325. The quantitative estimate of drug-likeness (QED) is 0.840. The van der Waals surface area contributed by atoms with Crippen molar-refractivity contribution in [1.29, 1.82) is 0 Å². The van der Waals surface area contributed by atoms with Crippen LogP contribution < -0.4 is 11.1 Å². The van der Waals surface area contributed by atoms with Gasteiger partial charge in [-0.2, -0.15) is 0 Å². The number of carbonyl (C=O) groups is 1. The largest absolute Gasteiger partial charge is 0.381 e. The number of amides is 1. The van der Waals surface area contributed by atoms with Crippen LogP contribution in [0.3, 0.4) is 0 Å². The predicted molar refractivity (Wildman–Crippen MR) is 82.9 cm³/mol. The number of nitrogens with one attached hydrogen (secondary N) is 1. The zero-order valence-electron chi connectivity index (χ0n) is 12.7. The van der Waals surface area contributed by atoms with E-state index in [4.69, 9.17) is 10.5 Å². The molecule has 1 aliphatic carbocycles. The molecule has 4 nitrogen and oxygen atoms in total. The summed E-state index contributed by atoms with van der Waals surface area (Å²) in [6.45, 7) is 5.79. The minimum atomic E-state index is -0.701. The second kappa shape index (κ2) is 7.62. The Labute approximate surface area is 128 Å². The molecule has 2 fully saturated rings. The fourth-order valence-electron chi connectivity index (χ4n) is 3.22. The van der Waals surface area contributed by atoms with Crippen LogP contribution >= 0.6 is 12.4 Å². The summed E-state index contributed by atoms with van der Waals surface area (Å²) in [5.41, 5.74) is 5.50. The van der Waals surface area contributed by atoms with Gasteiger partial charge in [-0.1, -0.05) is 13.8 Å². The monoisotopic (exact) mass is 304 g/mol. The van der Waals surface area contributed by atoms with Crippen molar-refractivity contribution in [1.82, 2.24) is 5.32 Å². The van der Waals surface area contributed by atoms with Gasteiger partial charge in [-0.15, -0.1) is 12.4 Å². The molecule has 0 bridgehead atoms. The molecular formula is C15H29ClN2O2. The SMILES string of the molecule is CC(C)C1CCC(NC(=O)C2(N)CCOCC2)CC1.Cl. The molecule has 0 spiro atoms. The first-order valence-electron chi connectivity index (χ1n) is 7.69. The van der Waals surface area contributed by atoms with Gasteiger partial charge in [0.25, 0.3) is 0 Å². The van der Waals surface area contributed by atoms with Gasteiger partial charge in [-0.3, -0.25) is 4.79 Å². The lowest BCUT2D eigenvalue weighted by Crippen LogP contribution is -2.59. The molecule has 3 N–H and O–H groups in total. The van der Waals surface area contributed by atoms with Crippen molar-refractivity contribution >= 4 is 18.3 Å². The lowest BCUT2D eigenvalue weighted by atomic mass is 9.79. The van der Waals surface area contributed by atoms with Gasteiger partial charge in [0.1, 0.15) is 0 Å². The van der Waals surface area contributed by atoms with Gasteiger partial charge in [0.2, 0.25) is 5.91 Å². The molecule has 0 atom stereocenters. The van der Waals surface area contributed by atoms with Crippen LogP contribution in [0.5, 0.6) is 0 Å². The standard InChI is InChI=1S/C15H28N2O2.ClH/c1-11(2)12-3-5-13(6-4-12)17-14(18)15(16)7-9-19-10-8-15;/h11-13H,3-10,16H2,1-2H3,(H,17,18);1H. The summed E-state index contributed by atoms with van der Waals surface area (Å²) in [5.74, 6) is 1.61. The zero-order chi connectivity index (χ0) is 13.9. The Balaban J connectivity index is 0.00000200. The maximum absolute atomic E-state index is 12.3. The van der Waals surface area contributed by atoms with E-state index in [0.717, 1.165) is 24.7 Å². The van der Waals surface area contributed by atoms with E-state index in [1.807, 2.05) is 0 Å². The number of nitrogens with two attached hydrogens (primary N) is 1. The second-order valence-corrected chi connectivity index (χ2v) is 6.60. The first-order chi connectivity index (χ1) is 9.01. The Hall–Kier alpha value is -0.320. The highest BCUT2D eigenvalue weighted by atomic mass is 35.5. The van der Waals surface area contributed by atoms with Gasteiger partial charge < -0.3 is 15.8 Å². The van der Waals surface area contributed by atoms with Crippen LogP contribution in [0, 0.1) is 11.8 Å². The molecule has 2 aliphatic rings. The highest BCUT2D eigenvalue weighted by Crippen LogP contribution is 2.30. The fourth-order valence-corrected chi connectivity index (χ4v) is 3.22. The number of rotatable bonds is 3. The van der Waals surface area contributed by atoms with Gasteiger partial charge >= 0.3 is 0 Å². The number of halogens is 1. The maximum Gasteiger partial charge on any atom is 0.240 e. The van der Waals surface area contributed by atoms with E-state index in [-0.39, 0.29) is 18.3 Å². The van der Waals surface area contributed by atoms with Crippen LogP contribution in [0.1, 0.15) is 52.4 Å². The molecule has 1 aliphatic heterocycles. The van der Waals surface area contributed by atoms with Crippen molar-refractivity contribution < 1.29 is 9.53 Å². The zero-order valence-corrected chi connectivity index (χ0v) is 13.5. The minimum Gasteiger partial charge on any atom is -0.381 e. The Morgan fingerprint density at radius 2 is 1.75 bits per heavy atom. The fraction of sp³-hybridized carbons (Fsp3) is 0.933. The summed E-state index contributed by atoms with van der Waals surface area (Å²) in [6.07, 6.45) is 5.93. The Morgan fingerprint density at radius 1 is 1.20 bits per heavy atom. The first kappa shape index (κ1) is 17.7. The molecular weight excluding hydrogens is 276 g/mol. The Bertz CT molecular complexity index is 309. The average molecular weight is 305 g/mol. The summed E-state index contributed by atoms with van der Waals surface area (Å²) in [5, 5.41) is 3.17. The molecule has 1 amide bonds. The number of carbonyl (C=O) groups excluding carboxylic acids is 1. The summed E-state index contributed by atoms with van der Waals surface area (Å²) in [7, 11) is 0. The van der Waals surface area contributed by atoms with Crippen LogP contribution in [-0.4, -0.2) is 30.7 Å². The number of hydrogen-bond donors (Lipinski definition) is 2. The van der Waals surface area contributed by atoms with Crippen molar-refractivity contribution in [2.75, 3.05) is 13.2 Å². The maximum atomic E-state index is 12.3. The summed E-state index contributed by atoms with van der Waals surface area (Å²) < 4.78 is 5.29. The van der Waals surface area contributed by atoms with E-state index in [1.165, 1.54) is 12.8 Å². The van der Waals surface area contributed by atoms with Crippen LogP contribution in [0.2, 0.25) is 0 Å². The Morgan fingerprint density at radius 3 is 2.25 bits per heavy atom. The Kier molecular flexibility index (Phi) is 6.76. The molecule has 1 saturated carbocycles. The highest BCUT2D eigenvalue weighted by Gasteiger charge is 2.37. The molecule has 0 unspecified atom stereocenters. The topological polar surface area (TPSA) is 64.4 Å². The van der Waals surface area contributed by atoms with E-state index >= 15 is 0 Å². The van der Waals surface area contributed by atoms with Gasteiger partial charge in [-0.25, -0.2) is 0 Å². The van der Waals surface area contributed by atoms with Crippen molar-refractivity contribution in [2.24, 2.45) is 17.6 Å². The van der Waals surface area contributed by atoms with Crippen LogP contribution in [0.15, 0.2) is 0 Å². The van der Waals surface area contributed by atoms with Gasteiger partial charge in [0.15, 0.2) is 0 Å². The molecule has 1 heterocycles. The lowest BCUT2D eigenvalue weighted by Gasteiger charge is -2.36. The molecule has 0 aromatic heterocycles. The third-order valence-electron chi connectivity index (χ3n) is 4.89. The predicted octanol–water partition coefficient (Wildman–Crippen LogP) is 2.25. The molecule has 0 aromatic carbocycles. The molecule has 5 heteroatoms. The number of ether oxygens (including phenoxy) is 1. The van der Waals surface area contributed by atoms with E-state index < -0.39 is 5.54 Å². The van der Waals surface area contributed by atoms with E-state index in [9.17, 15) is 4.79 Å². The molecule has 2 rings (SSSR count). The minimum absolute atomic E-state index is 0. The molecule has 0 radical (unpaired) electrons. The van der Waals surface area contributed by atoms with Crippen molar-refractivity contribution in [3.05, 3.63) is 0 Å². The van der Waals surface area contributed by atoms with Crippen molar-refractivity contribution in [3.63, 3.8) is 0 Å². The summed E-state index contributed by atoms with van der Waals surface area (Å²) >= 11 is 0. The van der Waals surface area contributed by atoms with Crippen LogP contribution in [0.25, 0.3) is 0 Å². The first-order valence-corrected chi connectivity index (χ1v) is 7.69. The van der Waals surface area contributed by atoms with Gasteiger partial charge in [-0.05, 0) is 50.4 Å². The van der Waals surface area contributed by atoms with Crippen molar-refractivity contribution in [3.8, 4) is 0 Å². The third-order valence-corrected chi connectivity index (χ3v) is 4.89. The average Bonchev–Trinajstić information content (AvgIpc) is 2.40. The van der Waals surface area contributed by atoms with Crippen LogP contribution in [-0.2, 0) is 9.53 Å². The van der Waals surface area contributed by atoms with Crippen molar-refractivity contribution in [2.45, 2.75) is 64.0 Å². The molecule has 118 valence electrons. The smallest absolute Gasteiger partial charge is 0.240 e. The van der Waals surface area contributed by atoms with E-state index in [0.29, 0.717) is 32.1 Å². The normalized spacial score (nSPS) is 29.6. The number of hydrogen-bond acceptors (Lipinski definition) is 3. The van der Waals surface area contributed by atoms with Crippen LogP contribution in [0.4, 0.5) is 0 Å². The molecule has 20 heavy (non-hydrogen) atoms. The van der Waals surface area contributed by atoms with Gasteiger partial charge in [0.05, 0.1) is 5.54 Å². The molecule has 0 aromatic rings.